The third-order valence-corrected chi connectivity index (χ3v) is 2.96. The van der Waals surface area contributed by atoms with Crippen LogP contribution in [0.3, 0.4) is 0 Å². The predicted octanol–water partition coefficient (Wildman–Crippen LogP) is 2.67. The van der Waals surface area contributed by atoms with Gasteiger partial charge >= 0.3 is 0 Å². The quantitative estimate of drug-likeness (QED) is 0.707. The fourth-order valence-corrected chi connectivity index (χ4v) is 1.98. The Hall–Kier alpha value is -1.15. The van der Waals surface area contributed by atoms with Crippen molar-refractivity contribution in [3.63, 3.8) is 0 Å². The molecule has 0 aromatic heterocycles. The van der Waals surface area contributed by atoms with Crippen LogP contribution in [0.5, 0.6) is 0 Å². The minimum Gasteiger partial charge on any atom is -0.363 e. The lowest BCUT2D eigenvalue weighted by Gasteiger charge is -2.11. The number of aldehydes is 1. The lowest BCUT2D eigenvalue weighted by molar-refractivity contribution is -0.117. The third-order valence-electron chi connectivity index (χ3n) is 2.96. The van der Waals surface area contributed by atoms with Gasteiger partial charge in [0.2, 0.25) is 0 Å². The summed E-state index contributed by atoms with van der Waals surface area (Å²) in [5.41, 5.74) is 2.53. The first kappa shape index (κ1) is 10.4. The lowest BCUT2D eigenvalue weighted by Crippen LogP contribution is -2.07. The Kier molecular flexibility index (Phi) is 3.17. The Balaban J connectivity index is 2.07. The molecule has 2 rings (SSSR count). The summed E-state index contributed by atoms with van der Waals surface area (Å²) in [6.45, 7) is 2.14. The molecule has 80 valence electrons. The smallest absolute Gasteiger partial charge is 0.148 e. The summed E-state index contributed by atoms with van der Waals surface area (Å²) in [7, 11) is 0. The summed E-state index contributed by atoms with van der Waals surface area (Å²) in [6, 6.07) is 8.48. The first-order chi connectivity index (χ1) is 7.33. The number of carbonyl (C=O) groups is 1. The normalized spacial score (nSPS) is 25.4. The number of aryl methyl sites for hydroxylation is 1. The molecule has 2 nitrogen and oxygen atoms in total. The van der Waals surface area contributed by atoms with E-state index >= 15 is 0 Å². The fourth-order valence-electron chi connectivity index (χ4n) is 1.98. The largest absolute Gasteiger partial charge is 0.363 e. The molecule has 1 fully saturated rings. The van der Waals surface area contributed by atoms with Crippen LogP contribution in [0, 0.1) is 0 Å². The van der Waals surface area contributed by atoms with Crippen molar-refractivity contribution in [2.45, 2.75) is 38.4 Å². The highest BCUT2D eigenvalue weighted by molar-refractivity contribution is 5.56. The van der Waals surface area contributed by atoms with Crippen molar-refractivity contribution in [3.8, 4) is 0 Å². The average Bonchev–Trinajstić information content (AvgIpc) is 2.78. The van der Waals surface area contributed by atoms with Crippen molar-refractivity contribution < 1.29 is 9.53 Å². The van der Waals surface area contributed by atoms with Gasteiger partial charge in [0, 0.05) is 0 Å². The van der Waals surface area contributed by atoms with Crippen LogP contribution < -0.4 is 0 Å². The van der Waals surface area contributed by atoms with Crippen molar-refractivity contribution in [3.05, 3.63) is 35.4 Å². The van der Waals surface area contributed by atoms with Gasteiger partial charge in [-0.05, 0) is 30.4 Å². The van der Waals surface area contributed by atoms with E-state index < -0.39 is 0 Å². The van der Waals surface area contributed by atoms with Crippen molar-refractivity contribution >= 4 is 6.29 Å². The number of ether oxygens (including phenoxy) is 1. The minimum absolute atomic E-state index is 0.117. The first-order valence-electron chi connectivity index (χ1n) is 5.53. The molecule has 0 saturated carbocycles. The van der Waals surface area contributed by atoms with Crippen LogP contribution in [0.25, 0.3) is 0 Å². The molecule has 1 aliphatic rings. The Labute approximate surface area is 90.3 Å². The number of carbonyl (C=O) groups excluding carboxylic acids is 1. The second-order valence-electron chi connectivity index (χ2n) is 3.97. The van der Waals surface area contributed by atoms with E-state index in [1.54, 1.807) is 0 Å². The van der Waals surface area contributed by atoms with Gasteiger partial charge in [0.25, 0.3) is 0 Å². The van der Waals surface area contributed by atoms with Gasteiger partial charge < -0.3 is 9.53 Å². The summed E-state index contributed by atoms with van der Waals surface area (Å²) in [6.07, 6.45) is 3.69. The Bertz CT molecular complexity index is 329. The predicted molar refractivity (Wildman–Crippen MR) is 58.7 cm³/mol. The van der Waals surface area contributed by atoms with E-state index in [0.29, 0.717) is 0 Å². The zero-order chi connectivity index (χ0) is 10.7. The average molecular weight is 204 g/mol. The fraction of sp³-hybridized carbons (Fsp3) is 0.462. The minimum atomic E-state index is -0.194. The molecular formula is C13H16O2. The van der Waals surface area contributed by atoms with E-state index in [9.17, 15) is 4.79 Å². The summed E-state index contributed by atoms with van der Waals surface area (Å²) in [5.74, 6) is 0. The van der Waals surface area contributed by atoms with Crippen LogP contribution >= 0.6 is 0 Å². The first-order valence-corrected chi connectivity index (χ1v) is 5.53. The standard InChI is InChI=1S/C13H16O2/c1-2-10-3-5-11(6-4-10)13-8-7-12(9-14)15-13/h3-6,9,12-13H,2,7-8H2,1H3. The van der Waals surface area contributed by atoms with E-state index in [1.807, 2.05) is 0 Å². The summed E-state index contributed by atoms with van der Waals surface area (Å²) >= 11 is 0. The van der Waals surface area contributed by atoms with Gasteiger partial charge in [-0.2, -0.15) is 0 Å². The topological polar surface area (TPSA) is 26.3 Å². The maximum atomic E-state index is 10.6. The maximum Gasteiger partial charge on any atom is 0.148 e. The van der Waals surface area contributed by atoms with Crippen LogP contribution in [0.15, 0.2) is 24.3 Å². The van der Waals surface area contributed by atoms with Crippen molar-refractivity contribution in [1.29, 1.82) is 0 Å². The Morgan fingerprint density at radius 3 is 2.60 bits per heavy atom. The Morgan fingerprint density at radius 1 is 1.33 bits per heavy atom. The maximum absolute atomic E-state index is 10.6. The monoisotopic (exact) mass is 204 g/mol. The molecule has 1 aromatic rings. The van der Waals surface area contributed by atoms with Crippen LogP contribution in [0.2, 0.25) is 0 Å². The summed E-state index contributed by atoms with van der Waals surface area (Å²) in [5, 5.41) is 0. The Morgan fingerprint density at radius 2 is 2.07 bits per heavy atom. The molecule has 2 heteroatoms. The zero-order valence-electron chi connectivity index (χ0n) is 8.98. The number of hydrogen-bond donors (Lipinski definition) is 0. The number of hydrogen-bond acceptors (Lipinski definition) is 2. The molecule has 0 aliphatic carbocycles. The van der Waals surface area contributed by atoms with E-state index in [0.717, 1.165) is 25.5 Å². The van der Waals surface area contributed by atoms with Crippen molar-refractivity contribution in [2.75, 3.05) is 0 Å². The van der Waals surface area contributed by atoms with E-state index in [2.05, 4.69) is 31.2 Å². The molecule has 15 heavy (non-hydrogen) atoms. The molecule has 0 amide bonds. The summed E-state index contributed by atoms with van der Waals surface area (Å²) < 4.78 is 5.60. The van der Waals surface area contributed by atoms with Gasteiger partial charge in [-0.3, -0.25) is 0 Å². The molecule has 2 unspecified atom stereocenters. The summed E-state index contributed by atoms with van der Waals surface area (Å²) in [4.78, 5) is 10.6. The van der Waals surface area contributed by atoms with E-state index in [4.69, 9.17) is 4.74 Å². The molecule has 0 radical (unpaired) electrons. The molecule has 1 heterocycles. The van der Waals surface area contributed by atoms with Gasteiger partial charge in [0.05, 0.1) is 6.10 Å². The molecule has 0 spiro atoms. The second-order valence-corrected chi connectivity index (χ2v) is 3.97. The zero-order valence-corrected chi connectivity index (χ0v) is 8.98. The van der Waals surface area contributed by atoms with Gasteiger partial charge in [-0.25, -0.2) is 0 Å². The molecule has 2 atom stereocenters. The molecule has 0 N–H and O–H groups in total. The molecule has 1 aliphatic heterocycles. The van der Waals surface area contributed by atoms with Crippen molar-refractivity contribution in [1.82, 2.24) is 0 Å². The number of benzene rings is 1. The van der Waals surface area contributed by atoms with E-state index in [1.165, 1.54) is 11.1 Å². The molecule has 1 aromatic carbocycles. The molecule has 0 bridgehead atoms. The van der Waals surface area contributed by atoms with Gasteiger partial charge in [-0.15, -0.1) is 0 Å². The second kappa shape index (κ2) is 4.58. The van der Waals surface area contributed by atoms with Crippen LogP contribution in [-0.2, 0) is 16.0 Å². The highest BCUT2D eigenvalue weighted by Gasteiger charge is 2.25. The third kappa shape index (κ3) is 2.26. The van der Waals surface area contributed by atoms with Crippen LogP contribution in [0.1, 0.15) is 37.0 Å². The van der Waals surface area contributed by atoms with Crippen molar-refractivity contribution in [2.24, 2.45) is 0 Å². The molecule has 1 saturated heterocycles. The lowest BCUT2D eigenvalue weighted by atomic mass is 10.0. The highest BCUT2D eigenvalue weighted by Crippen LogP contribution is 2.31. The SMILES string of the molecule is CCc1ccc(C2CCC(C=O)O2)cc1. The van der Waals surface area contributed by atoms with Gasteiger partial charge in [-0.1, -0.05) is 31.2 Å². The highest BCUT2D eigenvalue weighted by atomic mass is 16.5. The van der Waals surface area contributed by atoms with E-state index in [-0.39, 0.29) is 12.2 Å². The number of rotatable bonds is 3. The van der Waals surface area contributed by atoms with Gasteiger partial charge in [0.1, 0.15) is 12.4 Å². The van der Waals surface area contributed by atoms with Gasteiger partial charge in [0.15, 0.2) is 0 Å². The van der Waals surface area contributed by atoms with Crippen LogP contribution in [0.4, 0.5) is 0 Å². The van der Waals surface area contributed by atoms with Crippen LogP contribution in [-0.4, -0.2) is 12.4 Å². The molecular weight excluding hydrogens is 188 g/mol.